The minimum absolute atomic E-state index is 0.176. The van der Waals surface area contributed by atoms with Crippen LogP contribution in [0.5, 0.6) is 0 Å². The molecule has 6 nitrogen and oxygen atoms in total. The van der Waals surface area contributed by atoms with Crippen molar-refractivity contribution in [3.05, 3.63) is 70.1 Å². The van der Waals surface area contributed by atoms with Crippen LogP contribution in [0.15, 0.2) is 42.7 Å². The van der Waals surface area contributed by atoms with E-state index in [0.717, 1.165) is 29.8 Å². The standard InChI is InChI=1S/C20H20ClN5O/c1-12-5-7-23-17(9-12)20(2,27)14-4-3-13-6-8-26(16(13)10-14)18-15(21)11-24-19(22)25-18/h3-5,7,9-11,27H,6,8H2,1-2H3,(H2,22,24,25). The van der Waals surface area contributed by atoms with E-state index in [0.29, 0.717) is 16.5 Å². The van der Waals surface area contributed by atoms with Gasteiger partial charge < -0.3 is 15.7 Å². The number of rotatable bonds is 3. The van der Waals surface area contributed by atoms with Crippen molar-refractivity contribution in [3.63, 3.8) is 0 Å². The molecule has 1 aliphatic rings. The van der Waals surface area contributed by atoms with Crippen molar-refractivity contribution in [2.24, 2.45) is 0 Å². The molecule has 0 saturated carbocycles. The van der Waals surface area contributed by atoms with E-state index >= 15 is 0 Å². The van der Waals surface area contributed by atoms with Crippen LogP contribution < -0.4 is 10.6 Å². The van der Waals surface area contributed by atoms with Crippen molar-refractivity contribution in [1.82, 2.24) is 15.0 Å². The first-order valence-electron chi connectivity index (χ1n) is 8.71. The zero-order valence-electron chi connectivity index (χ0n) is 15.1. The molecule has 0 bridgehead atoms. The van der Waals surface area contributed by atoms with Gasteiger partial charge in [-0.2, -0.15) is 4.98 Å². The highest BCUT2D eigenvalue weighted by Crippen LogP contribution is 2.40. The lowest BCUT2D eigenvalue weighted by molar-refractivity contribution is 0.0974. The Hall–Kier alpha value is -2.70. The van der Waals surface area contributed by atoms with E-state index in [1.165, 1.54) is 11.8 Å². The lowest BCUT2D eigenvalue weighted by atomic mass is 9.90. The second kappa shape index (κ2) is 6.48. The van der Waals surface area contributed by atoms with Gasteiger partial charge in [-0.05, 0) is 55.2 Å². The highest BCUT2D eigenvalue weighted by atomic mass is 35.5. The Morgan fingerprint density at radius 2 is 2.04 bits per heavy atom. The molecule has 3 N–H and O–H groups in total. The Labute approximate surface area is 162 Å². The number of fused-ring (bicyclic) bond motifs is 1. The van der Waals surface area contributed by atoms with Gasteiger partial charge in [-0.3, -0.25) is 4.98 Å². The van der Waals surface area contributed by atoms with Crippen molar-refractivity contribution >= 4 is 29.1 Å². The fraction of sp³-hybridized carbons (Fsp3) is 0.250. The van der Waals surface area contributed by atoms with Gasteiger partial charge >= 0.3 is 0 Å². The van der Waals surface area contributed by atoms with Crippen LogP contribution in [-0.4, -0.2) is 26.6 Å². The van der Waals surface area contributed by atoms with Crippen molar-refractivity contribution in [2.75, 3.05) is 17.2 Å². The van der Waals surface area contributed by atoms with E-state index < -0.39 is 5.60 Å². The van der Waals surface area contributed by atoms with Gasteiger partial charge in [0.2, 0.25) is 5.95 Å². The summed E-state index contributed by atoms with van der Waals surface area (Å²) in [5.41, 5.74) is 9.06. The van der Waals surface area contributed by atoms with Crippen LogP contribution in [0.2, 0.25) is 5.02 Å². The maximum atomic E-state index is 11.2. The average molecular weight is 382 g/mol. The number of aliphatic hydroxyl groups is 1. The molecule has 7 heteroatoms. The maximum absolute atomic E-state index is 11.2. The van der Waals surface area contributed by atoms with Crippen molar-refractivity contribution in [2.45, 2.75) is 25.9 Å². The van der Waals surface area contributed by atoms with Gasteiger partial charge in [0.1, 0.15) is 10.6 Å². The fourth-order valence-corrected chi connectivity index (χ4v) is 3.61. The molecule has 138 valence electrons. The number of halogens is 1. The molecule has 0 saturated heterocycles. The molecule has 4 rings (SSSR count). The summed E-state index contributed by atoms with van der Waals surface area (Å²) >= 11 is 6.30. The third-order valence-electron chi connectivity index (χ3n) is 4.96. The molecule has 1 atom stereocenters. The Morgan fingerprint density at radius 1 is 1.22 bits per heavy atom. The third-order valence-corrected chi connectivity index (χ3v) is 5.22. The first-order chi connectivity index (χ1) is 12.9. The molecule has 0 radical (unpaired) electrons. The molecule has 0 aliphatic carbocycles. The van der Waals surface area contributed by atoms with Gasteiger partial charge in [-0.1, -0.05) is 23.7 Å². The van der Waals surface area contributed by atoms with Gasteiger partial charge in [-0.15, -0.1) is 0 Å². The SMILES string of the molecule is Cc1ccnc(C(C)(O)c2ccc3c(c2)N(c2nc(N)ncc2Cl)CC3)c1. The summed E-state index contributed by atoms with van der Waals surface area (Å²) in [7, 11) is 0. The molecule has 2 aromatic heterocycles. The summed E-state index contributed by atoms with van der Waals surface area (Å²) in [5.74, 6) is 0.753. The molecule has 1 aliphatic heterocycles. The van der Waals surface area contributed by atoms with Crippen LogP contribution in [0.4, 0.5) is 17.5 Å². The lowest BCUT2D eigenvalue weighted by Crippen LogP contribution is -2.25. The highest BCUT2D eigenvalue weighted by Gasteiger charge is 2.31. The summed E-state index contributed by atoms with van der Waals surface area (Å²) in [4.78, 5) is 14.6. The molecule has 1 aromatic carbocycles. The minimum atomic E-state index is -1.22. The van der Waals surface area contributed by atoms with Gasteiger partial charge in [0, 0.05) is 18.4 Å². The lowest BCUT2D eigenvalue weighted by Gasteiger charge is -2.26. The molecule has 27 heavy (non-hydrogen) atoms. The van der Waals surface area contributed by atoms with Crippen LogP contribution in [0.1, 0.15) is 29.3 Å². The Morgan fingerprint density at radius 3 is 2.81 bits per heavy atom. The first kappa shape index (κ1) is 17.7. The quantitative estimate of drug-likeness (QED) is 0.723. The van der Waals surface area contributed by atoms with E-state index in [2.05, 4.69) is 15.0 Å². The number of benzene rings is 1. The number of nitrogens with two attached hydrogens (primary N) is 1. The Balaban J connectivity index is 1.78. The summed E-state index contributed by atoms with van der Waals surface area (Å²) in [6, 6.07) is 9.76. The first-order valence-corrected chi connectivity index (χ1v) is 9.08. The number of pyridine rings is 1. The van der Waals surface area contributed by atoms with Gasteiger partial charge in [0.25, 0.3) is 0 Å². The number of anilines is 3. The summed E-state index contributed by atoms with van der Waals surface area (Å²) in [5, 5.41) is 11.7. The van der Waals surface area contributed by atoms with E-state index in [1.54, 1.807) is 13.1 Å². The van der Waals surface area contributed by atoms with E-state index in [4.69, 9.17) is 17.3 Å². The third kappa shape index (κ3) is 3.11. The average Bonchev–Trinajstić information content (AvgIpc) is 3.07. The van der Waals surface area contributed by atoms with Crippen molar-refractivity contribution in [1.29, 1.82) is 0 Å². The van der Waals surface area contributed by atoms with Crippen molar-refractivity contribution in [3.8, 4) is 0 Å². The van der Waals surface area contributed by atoms with Crippen LogP contribution in [0.3, 0.4) is 0 Å². The zero-order chi connectivity index (χ0) is 19.2. The van der Waals surface area contributed by atoms with Crippen LogP contribution >= 0.6 is 11.6 Å². The van der Waals surface area contributed by atoms with E-state index in [9.17, 15) is 5.11 Å². The van der Waals surface area contributed by atoms with Gasteiger partial charge in [0.15, 0.2) is 5.82 Å². The molecule has 0 amide bonds. The summed E-state index contributed by atoms with van der Waals surface area (Å²) in [6.07, 6.45) is 4.08. The number of nitrogens with zero attached hydrogens (tertiary/aromatic N) is 4. The van der Waals surface area contributed by atoms with Crippen LogP contribution in [0.25, 0.3) is 0 Å². The number of nitrogen functional groups attached to an aromatic ring is 1. The summed E-state index contributed by atoms with van der Waals surface area (Å²) < 4.78 is 0. The topological polar surface area (TPSA) is 88.2 Å². The maximum Gasteiger partial charge on any atom is 0.222 e. The molecular formula is C20H20ClN5O. The number of hydrogen-bond donors (Lipinski definition) is 2. The van der Waals surface area contributed by atoms with Gasteiger partial charge in [0.05, 0.1) is 11.9 Å². The second-order valence-electron chi connectivity index (χ2n) is 6.94. The predicted molar refractivity (Wildman–Crippen MR) is 106 cm³/mol. The summed E-state index contributed by atoms with van der Waals surface area (Å²) in [6.45, 7) is 4.47. The highest BCUT2D eigenvalue weighted by molar-refractivity contribution is 6.33. The number of aromatic nitrogens is 3. The minimum Gasteiger partial charge on any atom is -0.379 e. The second-order valence-corrected chi connectivity index (χ2v) is 7.34. The monoisotopic (exact) mass is 381 g/mol. The fourth-order valence-electron chi connectivity index (χ4n) is 3.41. The smallest absolute Gasteiger partial charge is 0.222 e. The largest absolute Gasteiger partial charge is 0.379 e. The Bertz CT molecular complexity index is 1020. The molecule has 3 aromatic rings. The van der Waals surface area contributed by atoms with Crippen LogP contribution in [0, 0.1) is 6.92 Å². The molecule has 1 unspecified atom stereocenters. The Kier molecular flexibility index (Phi) is 4.25. The zero-order valence-corrected chi connectivity index (χ0v) is 15.9. The number of hydrogen-bond acceptors (Lipinski definition) is 6. The van der Waals surface area contributed by atoms with E-state index in [1.807, 2.05) is 42.2 Å². The molecular weight excluding hydrogens is 362 g/mol. The van der Waals surface area contributed by atoms with Crippen LogP contribution in [-0.2, 0) is 12.0 Å². The van der Waals surface area contributed by atoms with Crippen molar-refractivity contribution < 1.29 is 5.11 Å². The molecule has 0 fully saturated rings. The molecule has 0 spiro atoms. The number of aryl methyl sites for hydroxylation is 1. The molecule has 3 heterocycles. The van der Waals surface area contributed by atoms with E-state index in [-0.39, 0.29) is 5.95 Å². The predicted octanol–water partition coefficient (Wildman–Crippen LogP) is 3.37. The normalized spacial score (nSPS) is 15.5. The van der Waals surface area contributed by atoms with Gasteiger partial charge in [-0.25, -0.2) is 4.98 Å².